The van der Waals surface area contributed by atoms with Crippen molar-refractivity contribution < 1.29 is 27.5 Å². The molecule has 2 aromatic carbocycles. The second-order valence-electron chi connectivity index (χ2n) is 9.65. The number of fused-ring (bicyclic) bond motifs is 1. The minimum absolute atomic E-state index is 0.00529. The Morgan fingerprint density at radius 3 is 2.35 bits per heavy atom. The molecule has 0 atom stereocenters. The second-order valence-corrected chi connectivity index (χ2v) is 9.65. The molecule has 1 fully saturated rings. The van der Waals surface area contributed by atoms with Crippen molar-refractivity contribution in [1.29, 1.82) is 0 Å². The fourth-order valence-corrected chi connectivity index (χ4v) is 4.73. The highest BCUT2D eigenvalue weighted by Gasteiger charge is 2.30. The number of amides is 2. The van der Waals surface area contributed by atoms with Crippen molar-refractivity contribution in [1.82, 2.24) is 19.8 Å². The van der Waals surface area contributed by atoms with Gasteiger partial charge in [0, 0.05) is 68.4 Å². The third-order valence-corrected chi connectivity index (χ3v) is 7.16. The van der Waals surface area contributed by atoms with Crippen molar-refractivity contribution in [3.05, 3.63) is 83.2 Å². The van der Waals surface area contributed by atoms with Gasteiger partial charge in [-0.15, -0.1) is 0 Å². The lowest BCUT2D eigenvalue weighted by Gasteiger charge is -2.27. The van der Waals surface area contributed by atoms with Gasteiger partial charge < -0.3 is 24.4 Å². The molecule has 1 saturated heterocycles. The summed E-state index contributed by atoms with van der Waals surface area (Å²) in [6.07, 6.45) is -3.01. The highest BCUT2D eigenvalue weighted by molar-refractivity contribution is 6.05. The van der Waals surface area contributed by atoms with Gasteiger partial charge in [0.2, 0.25) is 5.88 Å². The van der Waals surface area contributed by atoms with Crippen LogP contribution in [0.5, 0.6) is 11.6 Å². The number of rotatable bonds is 5. The molecule has 0 saturated carbocycles. The molecule has 40 heavy (non-hydrogen) atoms. The van der Waals surface area contributed by atoms with Crippen LogP contribution < -0.4 is 15.0 Å². The summed E-state index contributed by atoms with van der Waals surface area (Å²) in [4.78, 5) is 33.4. The number of ether oxygens (including phenoxy) is 1. The molecule has 0 spiro atoms. The van der Waals surface area contributed by atoms with Crippen LogP contribution in [0.2, 0.25) is 0 Å². The number of alkyl halides is 3. The molecule has 2 amide bonds. The number of anilines is 1. The summed E-state index contributed by atoms with van der Waals surface area (Å²) in [5, 5.41) is 4.15. The van der Waals surface area contributed by atoms with Gasteiger partial charge in [0.25, 0.3) is 11.8 Å². The van der Waals surface area contributed by atoms with Crippen molar-refractivity contribution in [2.24, 2.45) is 7.05 Å². The third kappa shape index (κ3) is 5.24. The number of benzene rings is 2. The normalized spacial score (nSPS) is 13.9. The largest absolute Gasteiger partial charge is 0.439 e. The van der Waals surface area contributed by atoms with Gasteiger partial charge in [-0.1, -0.05) is 0 Å². The molecule has 1 aliphatic rings. The maximum Gasteiger partial charge on any atom is 0.416 e. The van der Waals surface area contributed by atoms with E-state index in [0.29, 0.717) is 36.1 Å². The fourth-order valence-electron chi connectivity index (χ4n) is 4.73. The van der Waals surface area contributed by atoms with Crippen molar-refractivity contribution in [2.45, 2.75) is 13.1 Å². The van der Waals surface area contributed by atoms with E-state index in [0.717, 1.165) is 53.8 Å². The summed E-state index contributed by atoms with van der Waals surface area (Å²) < 4.78 is 46.4. The smallest absolute Gasteiger partial charge is 0.416 e. The predicted octanol–water partition coefficient (Wildman–Crippen LogP) is 5.01. The van der Waals surface area contributed by atoms with Gasteiger partial charge in [-0.3, -0.25) is 9.59 Å². The van der Waals surface area contributed by atoms with Crippen LogP contribution in [-0.2, 0) is 13.2 Å². The van der Waals surface area contributed by atoms with Gasteiger partial charge >= 0.3 is 6.18 Å². The Morgan fingerprint density at radius 1 is 1.02 bits per heavy atom. The lowest BCUT2D eigenvalue weighted by Crippen LogP contribution is -2.46. The summed E-state index contributed by atoms with van der Waals surface area (Å²) in [5.74, 6) is 0.401. The molecule has 4 aromatic rings. The molecule has 208 valence electrons. The third-order valence-electron chi connectivity index (χ3n) is 7.16. The first-order valence-corrected chi connectivity index (χ1v) is 12.7. The fraction of sp³-hybridized carbons (Fsp3) is 0.276. The van der Waals surface area contributed by atoms with Gasteiger partial charge in [0.15, 0.2) is 0 Å². The molecular weight excluding hydrogens is 523 g/mol. The number of hydrogen-bond donors (Lipinski definition) is 1. The van der Waals surface area contributed by atoms with Gasteiger partial charge in [-0.2, -0.15) is 13.2 Å². The molecular formula is C29H28F3N5O3. The Hall–Kier alpha value is -4.38. The molecule has 5 rings (SSSR count). The number of nitrogens with one attached hydrogen (secondary N) is 1. The van der Waals surface area contributed by atoms with E-state index in [1.165, 1.54) is 18.1 Å². The number of pyridine rings is 1. The molecule has 11 heteroatoms. The van der Waals surface area contributed by atoms with Crippen LogP contribution in [-0.4, -0.2) is 59.5 Å². The van der Waals surface area contributed by atoms with E-state index in [9.17, 15) is 22.8 Å². The van der Waals surface area contributed by atoms with Crippen molar-refractivity contribution in [3.63, 3.8) is 0 Å². The second kappa shape index (κ2) is 10.6. The topological polar surface area (TPSA) is 79.7 Å². The zero-order chi connectivity index (χ0) is 28.6. The van der Waals surface area contributed by atoms with Gasteiger partial charge in [-0.25, -0.2) is 4.98 Å². The van der Waals surface area contributed by atoms with Crippen molar-refractivity contribution >= 4 is 28.4 Å². The highest BCUT2D eigenvalue weighted by atomic mass is 19.4. The van der Waals surface area contributed by atoms with Gasteiger partial charge in [-0.05, 0) is 55.5 Å². The van der Waals surface area contributed by atoms with E-state index < -0.39 is 17.6 Å². The van der Waals surface area contributed by atoms with Crippen LogP contribution in [0, 0.1) is 6.92 Å². The van der Waals surface area contributed by atoms with Crippen molar-refractivity contribution in [3.8, 4) is 11.6 Å². The van der Waals surface area contributed by atoms with Crippen LogP contribution in [0.25, 0.3) is 10.9 Å². The molecule has 1 aliphatic heterocycles. The van der Waals surface area contributed by atoms with Crippen LogP contribution >= 0.6 is 0 Å². The van der Waals surface area contributed by atoms with Crippen LogP contribution in [0.4, 0.5) is 18.9 Å². The summed E-state index contributed by atoms with van der Waals surface area (Å²) in [6, 6.07) is 12.9. The molecule has 0 aliphatic carbocycles. The van der Waals surface area contributed by atoms with E-state index in [2.05, 4.69) is 10.3 Å². The van der Waals surface area contributed by atoms with Crippen molar-refractivity contribution in [2.75, 3.05) is 38.1 Å². The Labute approximate surface area is 229 Å². The Kier molecular flexibility index (Phi) is 7.24. The van der Waals surface area contributed by atoms with Crippen LogP contribution in [0.15, 0.2) is 60.8 Å². The average Bonchev–Trinajstić information content (AvgIpc) is 3.30. The van der Waals surface area contributed by atoms with E-state index in [1.54, 1.807) is 12.1 Å². The average molecular weight is 552 g/mol. The first-order valence-electron chi connectivity index (χ1n) is 12.7. The summed E-state index contributed by atoms with van der Waals surface area (Å²) in [7, 11) is 3.39. The molecule has 1 N–H and O–H groups in total. The van der Waals surface area contributed by atoms with Crippen LogP contribution in [0.3, 0.4) is 0 Å². The molecule has 8 nitrogen and oxygen atoms in total. The molecule has 2 aromatic heterocycles. The molecule has 0 bridgehead atoms. The first-order chi connectivity index (χ1) is 19.0. The number of hydrogen-bond acceptors (Lipinski definition) is 5. The minimum atomic E-state index is -4.47. The Balaban J connectivity index is 1.31. The number of halogens is 3. The first kappa shape index (κ1) is 27.2. The summed E-state index contributed by atoms with van der Waals surface area (Å²) >= 11 is 0. The maximum atomic E-state index is 13.1. The Morgan fingerprint density at radius 2 is 1.73 bits per heavy atom. The highest BCUT2D eigenvalue weighted by Crippen LogP contribution is 2.33. The lowest BCUT2D eigenvalue weighted by molar-refractivity contribution is -0.137. The Bertz CT molecular complexity index is 1560. The van der Waals surface area contributed by atoms with Gasteiger partial charge in [0.1, 0.15) is 11.4 Å². The maximum absolute atomic E-state index is 13.1. The summed E-state index contributed by atoms with van der Waals surface area (Å²) in [5.41, 5.74) is 2.13. The lowest BCUT2D eigenvalue weighted by atomic mass is 10.1. The predicted molar refractivity (Wildman–Crippen MR) is 145 cm³/mol. The molecule has 0 radical (unpaired) electrons. The number of carbonyl (C=O) groups excluding carboxylic acids is 2. The standard InChI is InChI=1S/C29H28F3N5O3/c1-18-22-16-24(28(39)37-14-12-33-13-15-37)36(3)23(22)9-10-25(18)40-26-11-8-21(17-34-26)35(2)27(38)19-4-6-20(7-5-19)29(30,31)32/h4-11,16-17,33H,12-15H2,1-3H3. The molecule has 3 heterocycles. The number of aryl methyl sites for hydroxylation is 2. The quantitative estimate of drug-likeness (QED) is 0.377. The molecule has 0 unspecified atom stereocenters. The number of aromatic nitrogens is 2. The van der Waals surface area contributed by atoms with E-state index >= 15 is 0 Å². The zero-order valence-corrected chi connectivity index (χ0v) is 22.2. The monoisotopic (exact) mass is 551 g/mol. The number of carbonyl (C=O) groups is 2. The SMILES string of the molecule is Cc1c(Oc2ccc(N(C)C(=O)c3ccc(C(F)(F)F)cc3)cn2)ccc2c1cc(C(=O)N1CCNCC1)n2C. The van der Waals surface area contributed by atoms with Crippen LogP contribution in [0.1, 0.15) is 32.0 Å². The van der Waals surface area contributed by atoms with E-state index in [-0.39, 0.29) is 11.5 Å². The minimum Gasteiger partial charge on any atom is -0.439 e. The zero-order valence-electron chi connectivity index (χ0n) is 22.2. The van der Waals surface area contributed by atoms with E-state index in [1.807, 2.05) is 41.6 Å². The number of piperazine rings is 1. The van der Waals surface area contributed by atoms with Gasteiger partial charge in [0.05, 0.1) is 17.4 Å². The van der Waals surface area contributed by atoms with E-state index in [4.69, 9.17) is 4.74 Å². The summed E-state index contributed by atoms with van der Waals surface area (Å²) in [6.45, 7) is 4.80. The number of nitrogens with zero attached hydrogens (tertiary/aromatic N) is 4.